The van der Waals surface area contributed by atoms with E-state index in [0.29, 0.717) is 22.3 Å². The third-order valence-electron chi connectivity index (χ3n) is 4.67. The van der Waals surface area contributed by atoms with Crippen LogP contribution in [-0.4, -0.2) is 22.0 Å². The van der Waals surface area contributed by atoms with Crippen molar-refractivity contribution < 1.29 is 9.15 Å². The Morgan fingerprint density at radius 2 is 1.93 bits per heavy atom. The molecule has 2 aromatic carbocycles. The Labute approximate surface area is 171 Å². The number of rotatable bonds is 6. The quantitative estimate of drug-likeness (QED) is 0.296. The summed E-state index contributed by atoms with van der Waals surface area (Å²) >= 11 is 1.42. The van der Waals surface area contributed by atoms with Crippen LogP contribution in [-0.2, 0) is 12.2 Å². The largest absolute Gasteiger partial charge is 0.497 e. The highest BCUT2D eigenvalue weighted by Gasteiger charge is 2.14. The van der Waals surface area contributed by atoms with Gasteiger partial charge in [0.1, 0.15) is 11.3 Å². The Bertz CT molecular complexity index is 1220. The maximum atomic E-state index is 12.0. The number of aromatic nitrogens is 3. The van der Waals surface area contributed by atoms with Gasteiger partial charge in [-0.3, -0.25) is 0 Å². The number of hydrogen-bond acceptors (Lipinski definition) is 7. The van der Waals surface area contributed by atoms with Gasteiger partial charge < -0.3 is 15.0 Å². The second-order valence-electron chi connectivity index (χ2n) is 6.47. The molecule has 0 aliphatic rings. The van der Waals surface area contributed by atoms with Crippen LogP contribution in [0.4, 0.5) is 0 Å². The van der Waals surface area contributed by atoms with Gasteiger partial charge in [-0.1, -0.05) is 30.8 Å². The number of ether oxygens (including phenoxy) is 1. The Morgan fingerprint density at radius 1 is 1.14 bits per heavy atom. The van der Waals surface area contributed by atoms with Gasteiger partial charge >= 0.3 is 5.63 Å². The van der Waals surface area contributed by atoms with Crippen LogP contribution in [0.1, 0.15) is 18.1 Å². The number of nitrogen functional groups attached to an aromatic ring is 1. The molecule has 2 N–H and O–H groups in total. The maximum absolute atomic E-state index is 12.0. The average molecular weight is 408 g/mol. The van der Waals surface area contributed by atoms with Gasteiger partial charge in [0.2, 0.25) is 5.16 Å². The maximum Gasteiger partial charge on any atom is 0.336 e. The van der Waals surface area contributed by atoms with Crippen molar-refractivity contribution in [3.63, 3.8) is 0 Å². The van der Waals surface area contributed by atoms with Crippen LogP contribution in [0.5, 0.6) is 5.75 Å². The monoisotopic (exact) mass is 408 g/mol. The van der Waals surface area contributed by atoms with Crippen molar-refractivity contribution in [2.75, 3.05) is 13.0 Å². The molecule has 2 heterocycles. The lowest BCUT2D eigenvalue weighted by Gasteiger charge is -2.07. The first-order chi connectivity index (χ1) is 14.1. The van der Waals surface area contributed by atoms with E-state index in [1.54, 1.807) is 7.11 Å². The van der Waals surface area contributed by atoms with Crippen LogP contribution in [0.15, 0.2) is 62.9 Å². The van der Waals surface area contributed by atoms with Gasteiger partial charge in [0, 0.05) is 22.8 Å². The molecule has 0 bridgehead atoms. The SMILES string of the molecule is CCc1ccc2c(CSc3nnc(-c4ccc(OC)cc4)n3N)cc(=O)oc2c1. The first-order valence-electron chi connectivity index (χ1n) is 9.12. The molecule has 0 aliphatic heterocycles. The number of hydrogen-bond donors (Lipinski definition) is 1. The van der Waals surface area contributed by atoms with Gasteiger partial charge in [0.15, 0.2) is 5.82 Å². The fourth-order valence-corrected chi connectivity index (χ4v) is 3.92. The first-order valence-corrected chi connectivity index (χ1v) is 10.1. The second-order valence-corrected chi connectivity index (χ2v) is 7.41. The van der Waals surface area contributed by atoms with Crippen molar-refractivity contribution in [3.8, 4) is 17.1 Å². The fourth-order valence-electron chi connectivity index (χ4n) is 3.07. The lowest BCUT2D eigenvalue weighted by Crippen LogP contribution is -2.11. The third kappa shape index (κ3) is 3.84. The van der Waals surface area contributed by atoms with E-state index in [-0.39, 0.29) is 5.63 Å². The zero-order chi connectivity index (χ0) is 20.4. The molecule has 7 nitrogen and oxygen atoms in total. The number of fused-ring (bicyclic) bond motifs is 1. The number of methoxy groups -OCH3 is 1. The van der Waals surface area contributed by atoms with Crippen molar-refractivity contribution in [2.24, 2.45) is 0 Å². The molecule has 0 atom stereocenters. The van der Waals surface area contributed by atoms with E-state index >= 15 is 0 Å². The molecule has 0 spiro atoms. The summed E-state index contributed by atoms with van der Waals surface area (Å²) in [5.74, 6) is 8.04. The molecule has 0 radical (unpaired) electrons. The van der Waals surface area contributed by atoms with Gasteiger partial charge in [0.05, 0.1) is 7.11 Å². The Morgan fingerprint density at radius 3 is 2.66 bits per heavy atom. The van der Waals surface area contributed by atoms with Crippen molar-refractivity contribution in [1.29, 1.82) is 0 Å². The molecule has 0 fully saturated rings. The molecule has 0 aliphatic carbocycles. The Balaban J connectivity index is 1.60. The van der Waals surface area contributed by atoms with E-state index in [2.05, 4.69) is 17.1 Å². The molecule has 0 unspecified atom stereocenters. The summed E-state index contributed by atoms with van der Waals surface area (Å²) < 4.78 is 12.0. The lowest BCUT2D eigenvalue weighted by atomic mass is 10.1. The normalized spacial score (nSPS) is 11.1. The predicted octanol–water partition coefficient (Wildman–Crippen LogP) is 3.63. The molecular formula is C21H20N4O3S. The molecule has 8 heteroatoms. The summed E-state index contributed by atoms with van der Waals surface area (Å²) in [5.41, 5.74) is 3.06. The standard InChI is InChI=1S/C21H20N4O3S/c1-3-13-4-9-17-15(11-19(26)28-18(17)10-13)12-29-21-24-23-20(25(21)22)14-5-7-16(27-2)8-6-14/h4-11H,3,12,22H2,1-2H3. The molecule has 148 valence electrons. The summed E-state index contributed by atoms with van der Waals surface area (Å²) in [5, 5.41) is 9.87. The number of nitrogens with zero attached hydrogens (tertiary/aromatic N) is 3. The minimum absolute atomic E-state index is 0.366. The highest BCUT2D eigenvalue weighted by atomic mass is 32.2. The molecule has 0 saturated carbocycles. The zero-order valence-electron chi connectivity index (χ0n) is 16.1. The van der Waals surface area contributed by atoms with E-state index < -0.39 is 0 Å². The van der Waals surface area contributed by atoms with Crippen LogP contribution in [0, 0.1) is 0 Å². The number of benzene rings is 2. The molecule has 4 rings (SSSR count). The molecule has 4 aromatic rings. The van der Waals surface area contributed by atoms with Crippen LogP contribution in [0.2, 0.25) is 0 Å². The lowest BCUT2D eigenvalue weighted by molar-refractivity contribution is 0.415. The molecule has 0 amide bonds. The fraction of sp³-hybridized carbons (Fsp3) is 0.190. The molecular weight excluding hydrogens is 388 g/mol. The van der Waals surface area contributed by atoms with Gasteiger partial charge in [-0.2, -0.15) is 0 Å². The van der Waals surface area contributed by atoms with Crippen molar-refractivity contribution in [2.45, 2.75) is 24.3 Å². The van der Waals surface area contributed by atoms with Crippen LogP contribution >= 0.6 is 11.8 Å². The van der Waals surface area contributed by atoms with Crippen molar-refractivity contribution in [1.82, 2.24) is 14.9 Å². The summed E-state index contributed by atoms with van der Waals surface area (Å²) in [6, 6.07) is 14.9. The average Bonchev–Trinajstić information content (AvgIpc) is 3.11. The van der Waals surface area contributed by atoms with E-state index in [1.807, 2.05) is 42.5 Å². The summed E-state index contributed by atoms with van der Waals surface area (Å²) in [6.07, 6.45) is 0.878. The summed E-state index contributed by atoms with van der Waals surface area (Å²) in [6.45, 7) is 2.06. The van der Waals surface area contributed by atoms with Gasteiger partial charge in [0.25, 0.3) is 0 Å². The second kappa shape index (κ2) is 8.00. The van der Waals surface area contributed by atoms with E-state index in [4.69, 9.17) is 15.0 Å². The van der Waals surface area contributed by atoms with Crippen LogP contribution in [0.3, 0.4) is 0 Å². The molecule has 29 heavy (non-hydrogen) atoms. The van der Waals surface area contributed by atoms with E-state index in [0.717, 1.165) is 34.2 Å². The summed E-state index contributed by atoms with van der Waals surface area (Å²) in [4.78, 5) is 12.0. The third-order valence-corrected chi connectivity index (χ3v) is 5.66. The van der Waals surface area contributed by atoms with Gasteiger partial charge in [-0.05, 0) is 47.9 Å². The van der Waals surface area contributed by atoms with Gasteiger partial charge in [-0.15, -0.1) is 10.2 Å². The van der Waals surface area contributed by atoms with Gasteiger partial charge in [-0.25, -0.2) is 9.47 Å². The number of aryl methyl sites for hydroxylation is 1. The topological polar surface area (TPSA) is 96.2 Å². The minimum atomic E-state index is -0.366. The predicted molar refractivity (Wildman–Crippen MR) is 114 cm³/mol. The Kier molecular flexibility index (Phi) is 5.26. The minimum Gasteiger partial charge on any atom is -0.497 e. The van der Waals surface area contributed by atoms with E-state index in [9.17, 15) is 4.79 Å². The Hall–Kier alpha value is -3.26. The zero-order valence-corrected chi connectivity index (χ0v) is 16.9. The van der Waals surface area contributed by atoms with Crippen molar-refractivity contribution >= 4 is 22.7 Å². The molecule has 0 saturated heterocycles. The number of nitrogens with two attached hydrogens (primary N) is 1. The van der Waals surface area contributed by atoms with Crippen molar-refractivity contribution in [3.05, 3.63) is 70.1 Å². The smallest absolute Gasteiger partial charge is 0.336 e. The first kappa shape index (κ1) is 19.1. The van der Waals surface area contributed by atoms with Crippen LogP contribution in [0.25, 0.3) is 22.4 Å². The summed E-state index contributed by atoms with van der Waals surface area (Å²) in [7, 11) is 1.62. The van der Waals surface area contributed by atoms with Crippen LogP contribution < -0.4 is 16.2 Å². The number of thioether (sulfide) groups is 1. The van der Waals surface area contributed by atoms with E-state index in [1.165, 1.54) is 22.5 Å². The molecule has 2 aromatic heterocycles. The highest BCUT2D eigenvalue weighted by Crippen LogP contribution is 2.28. The highest BCUT2D eigenvalue weighted by molar-refractivity contribution is 7.98.